The Hall–Kier alpha value is -2.76. The van der Waals surface area contributed by atoms with E-state index in [0.29, 0.717) is 18.6 Å². The molecule has 1 aromatic carbocycles. The Labute approximate surface area is 147 Å². The van der Waals surface area contributed by atoms with Gasteiger partial charge in [-0.2, -0.15) is 10.1 Å². The fourth-order valence-corrected chi connectivity index (χ4v) is 3.10. The quantitative estimate of drug-likeness (QED) is 0.718. The van der Waals surface area contributed by atoms with Gasteiger partial charge in [0.1, 0.15) is 6.33 Å². The lowest BCUT2D eigenvalue weighted by Crippen LogP contribution is -2.30. The molecule has 0 aliphatic carbocycles. The van der Waals surface area contributed by atoms with E-state index in [1.165, 1.54) is 6.33 Å². The van der Waals surface area contributed by atoms with Gasteiger partial charge >= 0.3 is 0 Å². The molecule has 1 amide bonds. The van der Waals surface area contributed by atoms with Crippen LogP contribution in [0.25, 0.3) is 5.78 Å². The van der Waals surface area contributed by atoms with Crippen LogP contribution in [0.4, 0.5) is 0 Å². The van der Waals surface area contributed by atoms with E-state index in [4.69, 9.17) is 0 Å². The first-order valence-electron chi connectivity index (χ1n) is 8.45. The van der Waals surface area contributed by atoms with E-state index in [1.54, 1.807) is 9.42 Å². The van der Waals surface area contributed by atoms with Gasteiger partial charge in [0.05, 0.1) is 6.04 Å². The molecule has 130 valence electrons. The van der Waals surface area contributed by atoms with Crippen LogP contribution in [0.5, 0.6) is 0 Å². The fourth-order valence-electron chi connectivity index (χ4n) is 3.10. The van der Waals surface area contributed by atoms with Gasteiger partial charge in [0.2, 0.25) is 5.91 Å². The van der Waals surface area contributed by atoms with E-state index in [2.05, 4.69) is 15.1 Å². The Morgan fingerprint density at radius 3 is 2.68 bits per heavy atom. The molecule has 0 bridgehead atoms. The van der Waals surface area contributed by atoms with Crippen molar-refractivity contribution in [2.75, 3.05) is 7.05 Å². The minimum atomic E-state index is 0.0480. The van der Waals surface area contributed by atoms with E-state index in [1.807, 2.05) is 58.2 Å². The van der Waals surface area contributed by atoms with E-state index in [0.717, 1.165) is 22.5 Å². The van der Waals surface area contributed by atoms with Gasteiger partial charge in [0, 0.05) is 24.9 Å². The van der Waals surface area contributed by atoms with E-state index >= 15 is 0 Å². The van der Waals surface area contributed by atoms with Crippen LogP contribution < -0.4 is 0 Å². The van der Waals surface area contributed by atoms with Crippen LogP contribution in [-0.2, 0) is 11.2 Å². The summed E-state index contributed by atoms with van der Waals surface area (Å²) in [5.41, 5.74) is 4.10. The molecule has 0 aliphatic heterocycles. The first-order chi connectivity index (χ1) is 12.0. The maximum absolute atomic E-state index is 12.6. The summed E-state index contributed by atoms with van der Waals surface area (Å²) < 4.78 is 1.73. The lowest BCUT2D eigenvalue weighted by Gasteiger charge is -2.25. The normalized spacial score (nSPS) is 12.3. The average molecular weight is 337 g/mol. The van der Waals surface area contributed by atoms with Gasteiger partial charge in [-0.3, -0.25) is 4.79 Å². The van der Waals surface area contributed by atoms with Crippen LogP contribution in [-0.4, -0.2) is 37.4 Å². The van der Waals surface area contributed by atoms with Gasteiger partial charge in [-0.1, -0.05) is 30.3 Å². The van der Waals surface area contributed by atoms with Crippen molar-refractivity contribution in [3.8, 4) is 0 Å². The third kappa shape index (κ3) is 3.38. The number of aryl methyl sites for hydroxylation is 2. The van der Waals surface area contributed by atoms with Crippen molar-refractivity contribution < 1.29 is 4.79 Å². The third-order valence-corrected chi connectivity index (χ3v) is 4.83. The summed E-state index contributed by atoms with van der Waals surface area (Å²) >= 11 is 0. The topological polar surface area (TPSA) is 63.4 Å². The number of carbonyl (C=O) groups is 1. The molecule has 3 rings (SSSR count). The molecule has 0 saturated carbocycles. The van der Waals surface area contributed by atoms with Gasteiger partial charge in [-0.25, -0.2) is 9.50 Å². The van der Waals surface area contributed by atoms with Crippen molar-refractivity contribution in [1.29, 1.82) is 0 Å². The maximum atomic E-state index is 12.6. The molecule has 0 spiro atoms. The molecule has 2 aromatic heterocycles. The zero-order valence-electron chi connectivity index (χ0n) is 15.1. The van der Waals surface area contributed by atoms with Crippen LogP contribution >= 0.6 is 0 Å². The smallest absolute Gasteiger partial charge is 0.252 e. The van der Waals surface area contributed by atoms with Crippen LogP contribution in [0.2, 0.25) is 0 Å². The molecular formula is C19H23N5O. The second kappa shape index (κ2) is 7.01. The van der Waals surface area contributed by atoms with Gasteiger partial charge in [0.15, 0.2) is 0 Å². The summed E-state index contributed by atoms with van der Waals surface area (Å²) in [6.45, 7) is 6.00. The number of fused-ring (bicyclic) bond motifs is 1. The molecule has 0 saturated heterocycles. The van der Waals surface area contributed by atoms with Crippen molar-refractivity contribution in [2.45, 2.75) is 39.7 Å². The highest BCUT2D eigenvalue weighted by Gasteiger charge is 2.18. The SMILES string of the molecule is Cc1nc2ncnn2c(C)c1CCC(=O)N(C)C(C)c1ccccc1. The van der Waals surface area contributed by atoms with E-state index < -0.39 is 0 Å². The largest absolute Gasteiger partial charge is 0.339 e. The molecule has 0 radical (unpaired) electrons. The number of benzene rings is 1. The van der Waals surface area contributed by atoms with Crippen molar-refractivity contribution in [3.05, 3.63) is 59.2 Å². The Morgan fingerprint density at radius 2 is 1.96 bits per heavy atom. The number of carbonyl (C=O) groups excluding carboxylic acids is 1. The first kappa shape index (κ1) is 17.1. The molecule has 3 aromatic rings. The standard InChI is InChI=1S/C19H23N5O/c1-13-17(15(3)24-19(22-13)20-12-21-24)10-11-18(25)23(4)14(2)16-8-6-5-7-9-16/h5-9,12,14H,10-11H2,1-4H3. The second-order valence-electron chi connectivity index (χ2n) is 6.32. The lowest BCUT2D eigenvalue weighted by molar-refractivity contribution is -0.131. The molecule has 25 heavy (non-hydrogen) atoms. The van der Waals surface area contributed by atoms with Crippen LogP contribution in [0.15, 0.2) is 36.7 Å². The van der Waals surface area contributed by atoms with Gasteiger partial charge in [-0.05, 0) is 38.3 Å². The number of nitrogens with zero attached hydrogens (tertiary/aromatic N) is 5. The summed E-state index contributed by atoms with van der Waals surface area (Å²) in [5, 5.41) is 4.20. The number of aromatic nitrogens is 4. The van der Waals surface area contributed by atoms with E-state index in [-0.39, 0.29) is 11.9 Å². The van der Waals surface area contributed by atoms with Crippen molar-refractivity contribution >= 4 is 11.7 Å². The number of amides is 1. The van der Waals surface area contributed by atoms with Crippen LogP contribution in [0.1, 0.15) is 41.9 Å². The molecule has 6 nitrogen and oxygen atoms in total. The molecule has 2 heterocycles. The highest BCUT2D eigenvalue weighted by Crippen LogP contribution is 2.20. The molecule has 0 aliphatic rings. The monoisotopic (exact) mass is 337 g/mol. The number of rotatable bonds is 5. The first-order valence-corrected chi connectivity index (χ1v) is 8.45. The van der Waals surface area contributed by atoms with Gasteiger partial charge in [-0.15, -0.1) is 0 Å². The third-order valence-electron chi connectivity index (χ3n) is 4.83. The molecule has 1 atom stereocenters. The Morgan fingerprint density at radius 1 is 1.24 bits per heavy atom. The highest BCUT2D eigenvalue weighted by atomic mass is 16.2. The zero-order valence-corrected chi connectivity index (χ0v) is 15.1. The van der Waals surface area contributed by atoms with Gasteiger partial charge in [0.25, 0.3) is 5.78 Å². The van der Waals surface area contributed by atoms with Crippen LogP contribution in [0, 0.1) is 13.8 Å². The predicted molar refractivity (Wildman–Crippen MR) is 96.2 cm³/mol. The van der Waals surface area contributed by atoms with Crippen molar-refractivity contribution in [3.63, 3.8) is 0 Å². The molecule has 0 N–H and O–H groups in total. The van der Waals surface area contributed by atoms with Gasteiger partial charge < -0.3 is 4.90 Å². The fraction of sp³-hybridized carbons (Fsp3) is 0.368. The Kier molecular flexibility index (Phi) is 4.79. The number of hydrogen-bond acceptors (Lipinski definition) is 4. The molecular weight excluding hydrogens is 314 g/mol. The minimum Gasteiger partial charge on any atom is -0.339 e. The lowest BCUT2D eigenvalue weighted by atomic mass is 10.0. The maximum Gasteiger partial charge on any atom is 0.252 e. The molecule has 0 fully saturated rings. The van der Waals surface area contributed by atoms with Crippen molar-refractivity contribution in [1.82, 2.24) is 24.5 Å². The van der Waals surface area contributed by atoms with Crippen LogP contribution in [0.3, 0.4) is 0 Å². The number of hydrogen-bond donors (Lipinski definition) is 0. The van der Waals surface area contributed by atoms with Crippen molar-refractivity contribution in [2.24, 2.45) is 0 Å². The molecule has 6 heteroatoms. The Bertz CT molecular complexity index is 887. The summed E-state index contributed by atoms with van der Waals surface area (Å²) in [4.78, 5) is 23.0. The highest BCUT2D eigenvalue weighted by molar-refractivity contribution is 5.76. The average Bonchev–Trinajstić information content (AvgIpc) is 3.09. The summed E-state index contributed by atoms with van der Waals surface area (Å²) in [6, 6.07) is 10.1. The Balaban J connectivity index is 1.72. The summed E-state index contributed by atoms with van der Waals surface area (Å²) in [6.07, 6.45) is 2.58. The second-order valence-corrected chi connectivity index (χ2v) is 6.32. The summed E-state index contributed by atoms with van der Waals surface area (Å²) in [5.74, 6) is 0.716. The summed E-state index contributed by atoms with van der Waals surface area (Å²) in [7, 11) is 1.86. The minimum absolute atomic E-state index is 0.0480. The molecule has 1 unspecified atom stereocenters. The predicted octanol–water partition coefficient (Wildman–Crippen LogP) is 2.89. The zero-order chi connectivity index (χ0) is 18.0. The van der Waals surface area contributed by atoms with E-state index in [9.17, 15) is 4.79 Å².